The number of hydrogen-bond donors (Lipinski definition) is 0. The minimum Gasteiger partial charge on any atom is -0.0984 e. The highest BCUT2D eigenvalue weighted by molar-refractivity contribution is 6.31. The third-order valence-electron chi connectivity index (χ3n) is 2.60. The molecule has 0 atom stereocenters. The summed E-state index contributed by atoms with van der Waals surface area (Å²) >= 11 is 6.02. The molecule has 0 saturated carbocycles. The van der Waals surface area contributed by atoms with Crippen LogP contribution >= 0.6 is 11.6 Å². The van der Waals surface area contributed by atoms with E-state index in [0.29, 0.717) is 0 Å². The number of benzene rings is 2. The molecule has 0 aliphatic heterocycles. The van der Waals surface area contributed by atoms with E-state index in [2.05, 4.69) is 37.8 Å². The molecule has 0 fully saturated rings. The summed E-state index contributed by atoms with van der Waals surface area (Å²) in [5.74, 6) is 0. The van der Waals surface area contributed by atoms with Gasteiger partial charge in [0.05, 0.1) is 0 Å². The molecule has 0 nitrogen and oxygen atoms in total. The van der Waals surface area contributed by atoms with Crippen molar-refractivity contribution in [2.24, 2.45) is 0 Å². The smallest absolute Gasteiger partial charge is 0.0412 e. The quantitative estimate of drug-likeness (QED) is 0.682. The van der Waals surface area contributed by atoms with Crippen molar-refractivity contribution in [2.45, 2.75) is 6.92 Å². The molecule has 0 unspecified atom stereocenters. The van der Waals surface area contributed by atoms with Crippen LogP contribution in [0.25, 0.3) is 17.2 Å². The van der Waals surface area contributed by atoms with Crippen molar-refractivity contribution >= 4 is 17.7 Å². The van der Waals surface area contributed by atoms with E-state index in [1.54, 1.807) is 0 Å². The Kier molecular flexibility index (Phi) is 3.12. The van der Waals surface area contributed by atoms with Gasteiger partial charge < -0.3 is 0 Å². The lowest BCUT2D eigenvalue weighted by atomic mass is 9.99. The second kappa shape index (κ2) is 4.54. The summed E-state index contributed by atoms with van der Waals surface area (Å²) in [6, 6.07) is 14.3. The van der Waals surface area contributed by atoms with Crippen LogP contribution in [-0.4, -0.2) is 0 Å². The maximum atomic E-state index is 6.02. The fraction of sp³-hybridized carbons (Fsp3) is 0.0667. The molecule has 0 heterocycles. The monoisotopic (exact) mass is 228 g/mol. The minimum absolute atomic E-state index is 0.751. The second-order valence-corrected chi connectivity index (χ2v) is 4.24. The molecule has 2 rings (SSSR count). The number of aryl methyl sites for hydroxylation is 1. The SMILES string of the molecule is C=Cc1ccc(Cl)cc1-c1ccc(C)cc1. The average molecular weight is 229 g/mol. The predicted molar refractivity (Wildman–Crippen MR) is 71.7 cm³/mol. The summed E-state index contributed by atoms with van der Waals surface area (Å²) in [6.07, 6.45) is 1.85. The molecular formula is C15H13Cl. The normalized spacial score (nSPS) is 10.1. The van der Waals surface area contributed by atoms with E-state index in [1.807, 2.05) is 24.3 Å². The Labute approximate surface area is 101 Å². The largest absolute Gasteiger partial charge is 0.0984 e. The molecule has 0 aliphatic carbocycles. The van der Waals surface area contributed by atoms with Gasteiger partial charge in [-0.3, -0.25) is 0 Å². The van der Waals surface area contributed by atoms with Gasteiger partial charge in [-0.1, -0.05) is 60.2 Å². The lowest BCUT2D eigenvalue weighted by Gasteiger charge is -2.07. The van der Waals surface area contributed by atoms with Crippen LogP contribution in [0.15, 0.2) is 49.0 Å². The third kappa shape index (κ3) is 2.17. The van der Waals surface area contributed by atoms with Crippen LogP contribution < -0.4 is 0 Å². The Balaban J connectivity index is 2.57. The van der Waals surface area contributed by atoms with Crippen molar-refractivity contribution in [2.75, 3.05) is 0 Å². The van der Waals surface area contributed by atoms with Crippen LogP contribution in [0, 0.1) is 6.92 Å². The molecule has 2 aromatic rings. The zero-order chi connectivity index (χ0) is 11.5. The molecule has 0 radical (unpaired) electrons. The zero-order valence-corrected chi connectivity index (χ0v) is 9.96. The topological polar surface area (TPSA) is 0 Å². The van der Waals surface area contributed by atoms with Crippen molar-refractivity contribution in [1.29, 1.82) is 0 Å². The van der Waals surface area contributed by atoms with E-state index in [4.69, 9.17) is 11.6 Å². The van der Waals surface area contributed by atoms with Crippen LogP contribution in [0.5, 0.6) is 0 Å². The Morgan fingerprint density at radius 2 is 1.75 bits per heavy atom. The average Bonchev–Trinajstić information content (AvgIpc) is 2.30. The van der Waals surface area contributed by atoms with E-state index in [9.17, 15) is 0 Å². The number of halogens is 1. The molecule has 0 N–H and O–H groups in total. The highest BCUT2D eigenvalue weighted by Gasteiger charge is 2.03. The molecule has 1 heteroatoms. The fourth-order valence-corrected chi connectivity index (χ4v) is 1.86. The molecule has 0 saturated heterocycles. The van der Waals surface area contributed by atoms with Crippen LogP contribution in [-0.2, 0) is 0 Å². The van der Waals surface area contributed by atoms with Gasteiger partial charge >= 0.3 is 0 Å². The Morgan fingerprint density at radius 3 is 2.38 bits per heavy atom. The summed E-state index contributed by atoms with van der Waals surface area (Å²) in [5, 5.41) is 0.751. The van der Waals surface area contributed by atoms with Gasteiger partial charge in [-0.2, -0.15) is 0 Å². The van der Waals surface area contributed by atoms with Crippen molar-refractivity contribution in [1.82, 2.24) is 0 Å². The summed E-state index contributed by atoms with van der Waals surface area (Å²) in [4.78, 5) is 0. The Bertz CT molecular complexity index is 509. The molecule has 2 aromatic carbocycles. The molecule has 16 heavy (non-hydrogen) atoms. The maximum Gasteiger partial charge on any atom is 0.0412 e. The van der Waals surface area contributed by atoms with Gasteiger partial charge in [0, 0.05) is 5.02 Å². The zero-order valence-electron chi connectivity index (χ0n) is 9.20. The van der Waals surface area contributed by atoms with Crippen LogP contribution in [0.4, 0.5) is 0 Å². The maximum absolute atomic E-state index is 6.02. The van der Waals surface area contributed by atoms with E-state index >= 15 is 0 Å². The molecular weight excluding hydrogens is 216 g/mol. The van der Waals surface area contributed by atoms with Gasteiger partial charge in [0.15, 0.2) is 0 Å². The third-order valence-corrected chi connectivity index (χ3v) is 2.83. The molecule has 80 valence electrons. The van der Waals surface area contributed by atoms with Crippen molar-refractivity contribution in [3.8, 4) is 11.1 Å². The fourth-order valence-electron chi connectivity index (χ4n) is 1.69. The minimum atomic E-state index is 0.751. The summed E-state index contributed by atoms with van der Waals surface area (Å²) in [5.41, 5.74) is 4.66. The van der Waals surface area contributed by atoms with E-state index in [0.717, 1.165) is 16.1 Å². The number of rotatable bonds is 2. The summed E-state index contributed by atoms with van der Waals surface area (Å²) in [6.45, 7) is 5.90. The van der Waals surface area contributed by atoms with Gasteiger partial charge in [-0.15, -0.1) is 0 Å². The van der Waals surface area contributed by atoms with Gasteiger partial charge in [0.1, 0.15) is 0 Å². The molecule has 0 aliphatic rings. The van der Waals surface area contributed by atoms with Gasteiger partial charge in [-0.25, -0.2) is 0 Å². The first kappa shape index (κ1) is 11.0. The van der Waals surface area contributed by atoms with Crippen LogP contribution in [0.3, 0.4) is 0 Å². The van der Waals surface area contributed by atoms with E-state index < -0.39 is 0 Å². The van der Waals surface area contributed by atoms with Gasteiger partial charge in [0.25, 0.3) is 0 Å². The first-order valence-corrected chi connectivity index (χ1v) is 5.57. The van der Waals surface area contributed by atoms with Crippen LogP contribution in [0.2, 0.25) is 5.02 Å². The molecule has 0 aromatic heterocycles. The molecule has 0 bridgehead atoms. The first-order chi connectivity index (χ1) is 7.70. The second-order valence-electron chi connectivity index (χ2n) is 3.80. The lowest BCUT2D eigenvalue weighted by molar-refractivity contribution is 1.47. The lowest BCUT2D eigenvalue weighted by Crippen LogP contribution is -1.83. The highest BCUT2D eigenvalue weighted by Crippen LogP contribution is 2.27. The van der Waals surface area contributed by atoms with Crippen LogP contribution in [0.1, 0.15) is 11.1 Å². The summed E-state index contributed by atoms with van der Waals surface area (Å²) < 4.78 is 0. The van der Waals surface area contributed by atoms with Crippen molar-refractivity contribution in [3.63, 3.8) is 0 Å². The predicted octanol–water partition coefficient (Wildman–Crippen LogP) is 4.96. The molecule has 0 spiro atoms. The first-order valence-electron chi connectivity index (χ1n) is 5.20. The molecule has 0 amide bonds. The van der Waals surface area contributed by atoms with Gasteiger partial charge in [-0.05, 0) is 35.7 Å². The number of hydrogen-bond acceptors (Lipinski definition) is 0. The summed E-state index contributed by atoms with van der Waals surface area (Å²) in [7, 11) is 0. The van der Waals surface area contributed by atoms with E-state index in [-0.39, 0.29) is 0 Å². The Morgan fingerprint density at radius 1 is 1.06 bits per heavy atom. The van der Waals surface area contributed by atoms with Gasteiger partial charge in [0.2, 0.25) is 0 Å². The Hall–Kier alpha value is -1.53. The standard InChI is InChI=1S/C15H13Cl/c1-3-12-8-9-14(16)10-15(12)13-6-4-11(2)5-7-13/h3-10H,1H2,2H3. The van der Waals surface area contributed by atoms with E-state index in [1.165, 1.54) is 11.1 Å². The van der Waals surface area contributed by atoms with Crippen molar-refractivity contribution < 1.29 is 0 Å². The highest BCUT2D eigenvalue weighted by atomic mass is 35.5. The van der Waals surface area contributed by atoms with Crippen molar-refractivity contribution in [3.05, 3.63) is 65.2 Å².